The van der Waals surface area contributed by atoms with Gasteiger partial charge < -0.3 is 10.2 Å². The summed E-state index contributed by atoms with van der Waals surface area (Å²) in [7, 11) is 0. The van der Waals surface area contributed by atoms with Crippen LogP contribution in [-0.4, -0.2) is 22.3 Å². The van der Waals surface area contributed by atoms with Gasteiger partial charge in [-0.3, -0.25) is 0 Å². The zero-order valence-electron chi connectivity index (χ0n) is 22.9. The van der Waals surface area contributed by atoms with Crippen molar-refractivity contribution in [3.05, 3.63) is 11.6 Å². The van der Waals surface area contributed by atoms with E-state index >= 15 is 0 Å². The lowest BCUT2D eigenvalue weighted by Crippen LogP contribution is -2.66. The Hall–Kier alpha value is -0.830. The van der Waals surface area contributed by atoms with Crippen LogP contribution in [0.1, 0.15) is 113 Å². The van der Waals surface area contributed by atoms with Crippen molar-refractivity contribution in [2.24, 2.45) is 56.7 Å². The second-order valence-electron chi connectivity index (χ2n) is 15.1. The molecule has 0 radical (unpaired) electrons. The highest BCUT2D eigenvalue weighted by Gasteiger charge is 2.70. The van der Waals surface area contributed by atoms with Gasteiger partial charge >= 0.3 is 5.97 Å². The predicted octanol–water partition coefficient (Wildman–Crippen LogP) is 7.48. The molecule has 10 atom stereocenters. The van der Waals surface area contributed by atoms with Crippen LogP contribution < -0.4 is 0 Å². The van der Waals surface area contributed by atoms with E-state index in [9.17, 15) is 15.0 Å². The molecule has 5 aliphatic rings. The van der Waals surface area contributed by atoms with E-state index in [4.69, 9.17) is 0 Å². The fourth-order valence-corrected chi connectivity index (χ4v) is 11.7. The van der Waals surface area contributed by atoms with E-state index in [1.807, 2.05) is 0 Å². The number of carbonyl (C=O) groups is 1. The van der Waals surface area contributed by atoms with Crippen LogP contribution in [0.5, 0.6) is 0 Å². The van der Waals surface area contributed by atoms with Crippen molar-refractivity contribution in [3.8, 4) is 0 Å². The number of rotatable bonds is 2. The van der Waals surface area contributed by atoms with Crippen molar-refractivity contribution in [1.82, 2.24) is 0 Å². The topological polar surface area (TPSA) is 57.5 Å². The van der Waals surface area contributed by atoms with Gasteiger partial charge in [-0.2, -0.15) is 0 Å². The number of aliphatic hydroxyl groups excluding tert-OH is 1. The van der Waals surface area contributed by atoms with Gasteiger partial charge in [0.15, 0.2) is 0 Å². The molecule has 192 valence electrons. The minimum Gasteiger partial charge on any atom is -0.478 e. The minimum atomic E-state index is -0.784. The SMILES string of the molecule is CC(=CC(=O)O)C1CC[C@]2(C)CC[C@]3(C)C(CCC4[C@@]5(C)CC[C@H](O)C(C)(C)C5CC[C@]43C)C12. The van der Waals surface area contributed by atoms with E-state index in [1.165, 1.54) is 57.4 Å². The molecular formula is C31H50O3. The zero-order valence-corrected chi connectivity index (χ0v) is 22.9. The first kappa shape index (κ1) is 24.8. The van der Waals surface area contributed by atoms with Crippen molar-refractivity contribution >= 4 is 5.97 Å². The first-order chi connectivity index (χ1) is 15.7. The average Bonchev–Trinajstić information content (AvgIpc) is 3.09. The second kappa shape index (κ2) is 7.59. The average molecular weight is 471 g/mol. The summed E-state index contributed by atoms with van der Waals surface area (Å²) in [6, 6.07) is 0. The summed E-state index contributed by atoms with van der Waals surface area (Å²) in [5.41, 5.74) is 2.45. The summed E-state index contributed by atoms with van der Waals surface area (Å²) in [4.78, 5) is 11.5. The Morgan fingerprint density at radius 1 is 0.794 bits per heavy atom. The van der Waals surface area contributed by atoms with Gasteiger partial charge in [0.25, 0.3) is 0 Å². The number of aliphatic carboxylic acids is 1. The Bertz CT molecular complexity index is 889. The lowest BCUT2D eigenvalue weighted by Gasteiger charge is -2.73. The lowest BCUT2D eigenvalue weighted by molar-refractivity contribution is -0.246. The Kier molecular flexibility index (Phi) is 5.55. The van der Waals surface area contributed by atoms with Crippen molar-refractivity contribution in [2.75, 3.05) is 0 Å². The van der Waals surface area contributed by atoms with E-state index in [-0.39, 0.29) is 11.5 Å². The maximum Gasteiger partial charge on any atom is 0.328 e. The minimum absolute atomic E-state index is 0.00646. The van der Waals surface area contributed by atoms with Crippen LogP contribution in [0.4, 0.5) is 0 Å². The molecule has 3 nitrogen and oxygen atoms in total. The number of carboxylic acid groups (broad SMARTS) is 1. The molecule has 0 aromatic rings. The number of fused-ring (bicyclic) bond motifs is 7. The molecule has 2 N–H and O–H groups in total. The molecule has 5 rings (SSSR count). The summed E-state index contributed by atoms with van der Waals surface area (Å²) in [6.07, 6.45) is 13.7. The fourth-order valence-electron chi connectivity index (χ4n) is 11.7. The van der Waals surface area contributed by atoms with E-state index in [2.05, 4.69) is 48.5 Å². The third-order valence-electron chi connectivity index (χ3n) is 13.8. The van der Waals surface area contributed by atoms with E-state index < -0.39 is 5.97 Å². The van der Waals surface area contributed by atoms with Crippen LogP contribution in [0.3, 0.4) is 0 Å². The van der Waals surface area contributed by atoms with Crippen LogP contribution in [0.25, 0.3) is 0 Å². The van der Waals surface area contributed by atoms with Crippen LogP contribution in [0.15, 0.2) is 11.6 Å². The molecule has 0 saturated heterocycles. The molecular weight excluding hydrogens is 420 g/mol. The highest BCUT2D eigenvalue weighted by atomic mass is 16.4. The second-order valence-corrected chi connectivity index (χ2v) is 15.1. The monoisotopic (exact) mass is 470 g/mol. The Morgan fingerprint density at radius 2 is 1.50 bits per heavy atom. The molecule has 0 spiro atoms. The molecule has 5 fully saturated rings. The molecule has 5 saturated carbocycles. The summed E-state index contributed by atoms with van der Waals surface area (Å²) < 4.78 is 0. The molecule has 0 aromatic heterocycles. The highest BCUT2D eigenvalue weighted by Crippen LogP contribution is 2.77. The Balaban J connectivity index is 1.53. The summed E-state index contributed by atoms with van der Waals surface area (Å²) in [6.45, 7) is 17.2. The first-order valence-electron chi connectivity index (χ1n) is 14.3. The van der Waals surface area contributed by atoms with E-state index in [1.54, 1.807) is 0 Å². The summed E-state index contributed by atoms with van der Waals surface area (Å²) in [5.74, 6) is 2.30. The first-order valence-corrected chi connectivity index (χ1v) is 14.3. The van der Waals surface area contributed by atoms with Crippen molar-refractivity contribution < 1.29 is 15.0 Å². The molecule has 5 unspecified atom stereocenters. The predicted molar refractivity (Wildman–Crippen MR) is 137 cm³/mol. The van der Waals surface area contributed by atoms with Gasteiger partial charge in [-0.25, -0.2) is 4.79 Å². The molecule has 5 aliphatic carbocycles. The number of allylic oxidation sites excluding steroid dienone is 1. The van der Waals surface area contributed by atoms with E-state index in [0.717, 1.165) is 24.3 Å². The van der Waals surface area contributed by atoms with Gasteiger partial charge in [0, 0.05) is 6.08 Å². The van der Waals surface area contributed by atoms with Crippen LogP contribution in [0, 0.1) is 56.7 Å². The molecule has 0 aliphatic heterocycles. The van der Waals surface area contributed by atoms with Crippen molar-refractivity contribution in [3.63, 3.8) is 0 Å². The summed E-state index contributed by atoms with van der Waals surface area (Å²) in [5, 5.41) is 20.4. The van der Waals surface area contributed by atoms with Gasteiger partial charge in [-0.05, 0) is 128 Å². The van der Waals surface area contributed by atoms with Crippen LogP contribution in [0.2, 0.25) is 0 Å². The third-order valence-corrected chi connectivity index (χ3v) is 13.8. The van der Waals surface area contributed by atoms with Gasteiger partial charge in [-0.15, -0.1) is 0 Å². The number of carboxylic acids is 1. The fraction of sp³-hybridized carbons (Fsp3) is 0.903. The van der Waals surface area contributed by atoms with E-state index in [0.29, 0.717) is 45.3 Å². The molecule has 0 amide bonds. The highest BCUT2D eigenvalue weighted by molar-refractivity contribution is 5.80. The van der Waals surface area contributed by atoms with Crippen LogP contribution >= 0.6 is 0 Å². The molecule has 0 bridgehead atoms. The van der Waals surface area contributed by atoms with Gasteiger partial charge in [0.1, 0.15) is 0 Å². The maximum atomic E-state index is 11.5. The lowest BCUT2D eigenvalue weighted by atomic mass is 9.32. The van der Waals surface area contributed by atoms with Crippen LogP contribution in [-0.2, 0) is 4.79 Å². The molecule has 0 heterocycles. The smallest absolute Gasteiger partial charge is 0.328 e. The normalized spacial score (nSPS) is 54.4. The van der Waals surface area contributed by atoms with Gasteiger partial charge in [0.05, 0.1) is 6.10 Å². The number of aliphatic hydroxyl groups is 1. The third kappa shape index (κ3) is 3.07. The van der Waals surface area contributed by atoms with Gasteiger partial charge in [-0.1, -0.05) is 47.1 Å². The number of hydrogen-bond acceptors (Lipinski definition) is 2. The molecule has 0 aromatic carbocycles. The Labute approximate surface area is 208 Å². The standard InChI is InChI=1S/C31H50O3/c1-19(18-25(33)34)20-10-13-28(4)16-17-30(6)21(26(20)28)8-9-23-29(5)14-12-24(32)27(2,3)22(29)11-15-31(23,30)7/h18,20-24,26,32H,8-17H2,1-7H3,(H,33,34)/t20?,21?,22?,23?,24-,26?,28+,29-,30+,31+/m0/s1. The molecule has 3 heteroatoms. The zero-order chi connectivity index (χ0) is 24.9. The Morgan fingerprint density at radius 3 is 2.18 bits per heavy atom. The summed E-state index contributed by atoms with van der Waals surface area (Å²) >= 11 is 0. The molecule has 34 heavy (non-hydrogen) atoms. The van der Waals surface area contributed by atoms with Crippen molar-refractivity contribution in [2.45, 2.75) is 119 Å². The largest absolute Gasteiger partial charge is 0.478 e. The van der Waals surface area contributed by atoms with Gasteiger partial charge in [0.2, 0.25) is 0 Å². The number of hydrogen-bond donors (Lipinski definition) is 2. The maximum absolute atomic E-state index is 11.5. The van der Waals surface area contributed by atoms with Crippen molar-refractivity contribution in [1.29, 1.82) is 0 Å². The quantitative estimate of drug-likeness (QED) is 0.411.